The topological polar surface area (TPSA) is 104 Å². The van der Waals surface area contributed by atoms with Gasteiger partial charge in [-0.15, -0.1) is 0 Å². The molecule has 0 aliphatic heterocycles. The van der Waals surface area contributed by atoms with E-state index in [9.17, 15) is 18.0 Å². The van der Waals surface area contributed by atoms with Crippen LogP contribution in [0.1, 0.15) is 17.3 Å². The molecule has 1 amide bonds. The minimum atomic E-state index is -3.81. The second-order valence-electron chi connectivity index (χ2n) is 4.87. The van der Waals surface area contributed by atoms with Crippen molar-refractivity contribution in [1.82, 2.24) is 9.21 Å². The Morgan fingerprint density at radius 2 is 1.87 bits per heavy atom. The fourth-order valence-electron chi connectivity index (χ4n) is 1.88. The van der Waals surface area contributed by atoms with Gasteiger partial charge in [-0.05, 0) is 25.1 Å². The van der Waals surface area contributed by atoms with Gasteiger partial charge in [-0.1, -0.05) is 0 Å². The summed E-state index contributed by atoms with van der Waals surface area (Å²) in [5, 5.41) is 8.83. The number of nitrogens with zero attached hydrogens (tertiary/aromatic N) is 2. The van der Waals surface area contributed by atoms with Gasteiger partial charge >= 0.3 is 5.97 Å². The molecule has 23 heavy (non-hydrogen) atoms. The number of carbonyl (C=O) groups is 2. The van der Waals surface area contributed by atoms with Crippen LogP contribution in [0.3, 0.4) is 0 Å². The van der Waals surface area contributed by atoms with Gasteiger partial charge in [-0.25, -0.2) is 12.7 Å². The minimum Gasteiger partial charge on any atom is -0.495 e. The highest BCUT2D eigenvalue weighted by atomic mass is 32.2. The van der Waals surface area contributed by atoms with Gasteiger partial charge < -0.3 is 14.7 Å². The highest BCUT2D eigenvalue weighted by Crippen LogP contribution is 2.27. The molecule has 0 aliphatic rings. The molecule has 1 aromatic carbocycles. The molecule has 8 nitrogen and oxygen atoms in total. The highest BCUT2D eigenvalue weighted by molar-refractivity contribution is 7.89. The summed E-state index contributed by atoms with van der Waals surface area (Å²) >= 11 is 0. The summed E-state index contributed by atoms with van der Waals surface area (Å²) in [5.41, 5.74) is 0.0781. The first-order chi connectivity index (χ1) is 10.6. The van der Waals surface area contributed by atoms with Crippen molar-refractivity contribution in [3.63, 3.8) is 0 Å². The first-order valence-electron chi connectivity index (χ1n) is 6.76. The number of ether oxygens (including phenoxy) is 1. The highest BCUT2D eigenvalue weighted by Gasteiger charge is 2.25. The zero-order valence-electron chi connectivity index (χ0n) is 13.4. The van der Waals surface area contributed by atoms with Crippen molar-refractivity contribution in [2.45, 2.75) is 11.8 Å². The van der Waals surface area contributed by atoms with Crippen LogP contribution in [-0.4, -0.2) is 68.9 Å². The molecule has 128 valence electrons. The minimum absolute atomic E-state index is 0.0781. The van der Waals surface area contributed by atoms with Crippen molar-refractivity contribution < 1.29 is 27.9 Å². The van der Waals surface area contributed by atoms with E-state index in [0.29, 0.717) is 0 Å². The molecule has 1 aromatic rings. The Morgan fingerprint density at radius 3 is 2.30 bits per heavy atom. The average molecular weight is 344 g/mol. The lowest BCUT2D eigenvalue weighted by molar-refractivity contribution is -0.137. The van der Waals surface area contributed by atoms with Crippen LogP contribution in [0.25, 0.3) is 0 Å². The predicted octanol–water partition coefficient (Wildman–Crippen LogP) is 0.492. The SMILES string of the molecule is CCN(CC(=O)O)C(=O)c1ccc(OC)c(S(=O)(=O)N(C)C)c1. The predicted molar refractivity (Wildman–Crippen MR) is 83.1 cm³/mol. The number of aliphatic carboxylic acids is 1. The van der Waals surface area contributed by atoms with Crippen molar-refractivity contribution >= 4 is 21.9 Å². The third-order valence-corrected chi connectivity index (χ3v) is 5.00. The smallest absolute Gasteiger partial charge is 0.323 e. The Hall–Kier alpha value is -2.13. The molecular formula is C14H20N2O6S. The molecule has 1 rings (SSSR count). The maximum Gasteiger partial charge on any atom is 0.323 e. The number of benzene rings is 1. The summed E-state index contributed by atoms with van der Waals surface area (Å²) in [5.74, 6) is -1.60. The van der Waals surface area contributed by atoms with Gasteiger partial charge in [0.1, 0.15) is 17.2 Å². The number of carboxylic acid groups (broad SMARTS) is 1. The molecule has 0 heterocycles. The zero-order valence-corrected chi connectivity index (χ0v) is 14.3. The van der Waals surface area contributed by atoms with Crippen LogP contribution < -0.4 is 4.74 Å². The lowest BCUT2D eigenvalue weighted by Gasteiger charge is -2.20. The first kappa shape index (κ1) is 18.9. The number of hydrogen-bond donors (Lipinski definition) is 1. The third-order valence-electron chi connectivity index (χ3n) is 3.16. The molecule has 0 saturated heterocycles. The van der Waals surface area contributed by atoms with E-state index < -0.39 is 28.4 Å². The molecule has 0 spiro atoms. The summed E-state index contributed by atoms with van der Waals surface area (Å²) in [4.78, 5) is 24.1. The average Bonchev–Trinajstić information content (AvgIpc) is 2.50. The summed E-state index contributed by atoms with van der Waals surface area (Å²) in [6, 6.07) is 3.97. The lowest BCUT2D eigenvalue weighted by atomic mass is 10.2. The number of rotatable bonds is 7. The number of likely N-dealkylation sites (N-methyl/N-ethyl adjacent to an activating group) is 1. The van der Waals surface area contributed by atoms with Crippen molar-refractivity contribution in [3.05, 3.63) is 23.8 Å². The van der Waals surface area contributed by atoms with Crippen LogP contribution in [0.15, 0.2) is 23.1 Å². The molecular weight excluding hydrogens is 324 g/mol. The van der Waals surface area contributed by atoms with Gasteiger partial charge in [0.15, 0.2) is 0 Å². The second kappa shape index (κ2) is 7.42. The third kappa shape index (κ3) is 4.20. The van der Waals surface area contributed by atoms with Crippen molar-refractivity contribution in [1.29, 1.82) is 0 Å². The molecule has 0 radical (unpaired) electrons. The van der Waals surface area contributed by atoms with Gasteiger partial charge in [0.05, 0.1) is 7.11 Å². The molecule has 0 bridgehead atoms. The fraction of sp³-hybridized carbons (Fsp3) is 0.429. The van der Waals surface area contributed by atoms with Crippen molar-refractivity contribution in [2.75, 3.05) is 34.3 Å². The summed E-state index contributed by atoms with van der Waals surface area (Å²) in [6.07, 6.45) is 0. The van der Waals surface area contributed by atoms with E-state index in [1.807, 2.05) is 0 Å². The normalized spacial score (nSPS) is 11.3. The maximum absolute atomic E-state index is 12.4. The van der Waals surface area contributed by atoms with E-state index in [1.165, 1.54) is 39.4 Å². The largest absolute Gasteiger partial charge is 0.495 e. The van der Waals surface area contributed by atoms with E-state index >= 15 is 0 Å². The van der Waals surface area contributed by atoms with Crippen LogP contribution in [0.5, 0.6) is 5.75 Å². The van der Waals surface area contributed by atoms with Crippen LogP contribution in [0, 0.1) is 0 Å². The Morgan fingerprint density at radius 1 is 1.26 bits per heavy atom. The first-order valence-corrected chi connectivity index (χ1v) is 8.20. The molecule has 9 heteroatoms. The van der Waals surface area contributed by atoms with Crippen LogP contribution in [0.2, 0.25) is 0 Å². The molecule has 0 aliphatic carbocycles. The van der Waals surface area contributed by atoms with Crippen LogP contribution >= 0.6 is 0 Å². The number of carboxylic acids is 1. The number of amides is 1. The quantitative estimate of drug-likeness (QED) is 0.772. The van der Waals surface area contributed by atoms with E-state index in [0.717, 1.165) is 9.21 Å². The molecule has 0 saturated carbocycles. The molecule has 0 unspecified atom stereocenters. The summed E-state index contributed by atoms with van der Waals surface area (Å²) in [7, 11) is 0.252. The Bertz CT molecular complexity index is 699. The van der Waals surface area contributed by atoms with E-state index in [2.05, 4.69) is 0 Å². The summed E-state index contributed by atoms with van der Waals surface area (Å²) in [6.45, 7) is 1.37. The number of methoxy groups -OCH3 is 1. The molecule has 0 aromatic heterocycles. The van der Waals surface area contributed by atoms with Crippen LogP contribution in [-0.2, 0) is 14.8 Å². The standard InChI is InChI=1S/C14H20N2O6S/c1-5-16(9-13(17)18)14(19)10-6-7-11(22-4)12(8-10)23(20,21)15(2)3/h6-8H,5,9H2,1-4H3,(H,17,18). The Labute approximate surface area is 135 Å². The lowest BCUT2D eigenvalue weighted by Crippen LogP contribution is -2.35. The Kier molecular flexibility index (Phi) is 6.11. The van der Waals surface area contributed by atoms with Gasteiger partial charge in [0.25, 0.3) is 5.91 Å². The van der Waals surface area contributed by atoms with Gasteiger partial charge in [0.2, 0.25) is 10.0 Å². The van der Waals surface area contributed by atoms with Crippen molar-refractivity contribution in [3.8, 4) is 5.75 Å². The summed E-state index contributed by atoms with van der Waals surface area (Å²) < 4.78 is 30.7. The fourth-order valence-corrected chi connectivity index (χ4v) is 2.96. The van der Waals surface area contributed by atoms with Gasteiger partial charge in [-0.2, -0.15) is 0 Å². The number of sulfonamides is 1. The van der Waals surface area contributed by atoms with Crippen molar-refractivity contribution in [2.24, 2.45) is 0 Å². The monoisotopic (exact) mass is 344 g/mol. The van der Waals surface area contributed by atoms with Crippen LogP contribution in [0.4, 0.5) is 0 Å². The van der Waals surface area contributed by atoms with Gasteiger partial charge in [0, 0.05) is 26.2 Å². The number of hydrogen-bond acceptors (Lipinski definition) is 5. The second-order valence-corrected chi connectivity index (χ2v) is 6.99. The molecule has 1 N–H and O–H groups in total. The molecule has 0 fully saturated rings. The maximum atomic E-state index is 12.4. The van der Waals surface area contributed by atoms with Gasteiger partial charge in [-0.3, -0.25) is 9.59 Å². The number of carbonyl (C=O) groups excluding carboxylic acids is 1. The van der Waals surface area contributed by atoms with E-state index in [1.54, 1.807) is 6.92 Å². The molecule has 0 atom stereocenters. The van der Waals surface area contributed by atoms with E-state index in [4.69, 9.17) is 9.84 Å². The Balaban J connectivity index is 3.35. The zero-order chi connectivity index (χ0) is 17.8. The van der Waals surface area contributed by atoms with E-state index in [-0.39, 0.29) is 22.8 Å².